The molecule has 8 heteroatoms. The van der Waals surface area contributed by atoms with Crippen LogP contribution in [0.2, 0.25) is 0 Å². The van der Waals surface area contributed by atoms with E-state index in [-0.39, 0.29) is 5.54 Å². The lowest BCUT2D eigenvalue weighted by molar-refractivity contribution is 0.307. The molecule has 0 bridgehead atoms. The number of hydrogen-bond donors (Lipinski definition) is 2. The van der Waals surface area contributed by atoms with Gasteiger partial charge in [0.1, 0.15) is 11.6 Å². The molecule has 0 radical (unpaired) electrons. The Balaban J connectivity index is 1.38. The highest BCUT2D eigenvalue weighted by Crippen LogP contribution is 2.35. The number of H-pyrrole nitrogens is 1. The molecule has 2 fully saturated rings. The predicted octanol–water partition coefficient (Wildman–Crippen LogP) is 3.39. The highest BCUT2D eigenvalue weighted by Gasteiger charge is 2.37. The first-order chi connectivity index (χ1) is 15.2. The normalized spacial score (nSPS) is 21.5. The fraction of sp³-hybridized carbons (Fsp3) is 0.435. The Labute approximate surface area is 180 Å². The summed E-state index contributed by atoms with van der Waals surface area (Å²) in [5, 5.41) is 16.5. The van der Waals surface area contributed by atoms with Crippen molar-refractivity contribution in [3.05, 3.63) is 36.8 Å². The zero-order valence-electron chi connectivity index (χ0n) is 17.8. The number of rotatable bonds is 4. The van der Waals surface area contributed by atoms with Crippen LogP contribution in [0.4, 0.5) is 5.82 Å². The maximum Gasteiger partial charge on any atom is 0.178 e. The number of nitrogens with one attached hydrogen (secondary N) is 2. The second-order valence-electron chi connectivity index (χ2n) is 8.69. The van der Waals surface area contributed by atoms with Gasteiger partial charge in [0.25, 0.3) is 0 Å². The molecule has 1 atom stereocenters. The van der Waals surface area contributed by atoms with Crippen LogP contribution >= 0.6 is 0 Å². The molecule has 0 saturated carbocycles. The zero-order valence-corrected chi connectivity index (χ0v) is 17.8. The van der Waals surface area contributed by atoms with Crippen molar-refractivity contribution in [3.8, 4) is 16.9 Å². The predicted molar refractivity (Wildman–Crippen MR) is 121 cm³/mol. The molecule has 0 aliphatic carbocycles. The zero-order chi connectivity index (χ0) is 20.8. The van der Waals surface area contributed by atoms with Crippen LogP contribution in [-0.2, 0) is 0 Å². The van der Waals surface area contributed by atoms with Gasteiger partial charge < -0.3 is 15.0 Å². The van der Waals surface area contributed by atoms with Crippen LogP contribution in [-0.4, -0.2) is 56.6 Å². The number of fused-ring (bicyclic) bond motifs is 3. The molecule has 0 aromatic carbocycles. The number of pyridine rings is 2. The molecule has 31 heavy (non-hydrogen) atoms. The third-order valence-electron chi connectivity index (χ3n) is 6.71. The molecule has 160 valence electrons. The quantitative estimate of drug-likeness (QED) is 0.530. The van der Waals surface area contributed by atoms with Gasteiger partial charge in [-0.05, 0) is 57.4 Å². The third-order valence-corrected chi connectivity index (χ3v) is 6.71. The van der Waals surface area contributed by atoms with E-state index in [4.69, 9.17) is 9.72 Å². The van der Waals surface area contributed by atoms with E-state index in [2.05, 4.69) is 43.7 Å². The Morgan fingerprint density at radius 2 is 2.13 bits per heavy atom. The topological polar surface area (TPSA) is 83.4 Å². The molecular weight excluding hydrogens is 390 g/mol. The second-order valence-corrected chi connectivity index (χ2v) is 8.69. The number of piperidine rings is 1. The molecule has 6 rings (SSSR count). The largest absolute Gasteiger partial charge is 0.492 e. The van der Waals surface area contributed by atoms with Crippen molar-refractivity contribution in [3.63, 3.8) is 0 Å². The number of ether oxygens (including phenoxy) is 1. The van der Waals surface area contributed by atoms with Crippen molar-refractivity contribution in [2.24, 2.45) is 0 Å². The number of nitrogens with zero attached hydrogens (tertiary/aromatic N) is 5. The van der Waals surface area contributed by atoms with Gasteiger partial charge in [-0.15, -0.1) is 5.10 Å². The van der Waals surface area contributed by atoms with Crippen LogP contribution in [0.15, 0.2) is 36.8 Å². The minimum Gasteiger partial charge on any atom is -0.492 e. The standard InChI is InChI=1S/C23H27N7O/c1-2-31-17-11-18(21-19-13-26-27-22(19)28-30(21)14-17)16-5-6-20(24-12-16)29-10-4-8-23(15-29)7-3-9-25-23/h5-6,11-14,25H,2-4,7-10,15H2,1H3,(H,27,28). The monoisotopic (exact) mass is 417 g/mol. The van der Waals surface area contributed by atoms with Crippen molar-refractivity contribution >= 4 is 22.4 Å². The lowest BCUT2D eigenvalue weighted by Gasteiger charge is -2.41. The fourth-order valence-corrected chi connectivity index (χ4v) is 5.28. The first kappa shape index (κ1) is 18.6. The smallest absolute Gasteiger partial charge is 0.178 e. The van der Waals surface area contributed by atoms with Crippen molar-refractivity contribution < 1.29 is 4.74 Å². The van der Waals surface area contributed by atoms with Crippen LogP contribution in [0.1, 0.15) is 32.6 Å². The van der Waals surface area contributed by atoms with Gasteiger partial charge in [-0.1, -0.05) is 0 Å². The van der Waals surface area contributed by atoms with E-state index in [1.807, 2.05) is 30.0 Å². The molecule has 2 saturated heterocycles. The average Bonchev–Trinajstić information content (AvgIpc) is 3.50. The van der Waals surface area contributed by atoms with Crippen LogP contribution in [0.3, 0.4) is 0 Å². The Bertz CT molecular complexity index is 1220. The molecule has 0 amide bonds. The van der Waals surface area contributed by atoms with Crippen molar-refractivity contribution in [2.45, 2.75) is 38.1 Å². The molecule has 2 aliphatic heterocycles. The maximum atomic E-state index is 5.80. The average molecular weight is 418 g/mol. The van der Waals surface area contributed by atoms with Crippen LogP contribution < -0.4 is 15.0 Å². The first-order valence-electron chi connectivity index (χ1n) is 11.2. The summed E-state index contributed by atoms with van der Waals surface area (Å²) in [5.74, 6) is 1.84. The summed E-state index contributed by atoms with van der Waals surface area (Å²) >= 11 is 0. The molecule has 4 aromatic rings. The molecule has 2 aliphatic rings. The summed E-state index contributed by atoms with van der Waals surface area (Å²) in [7, 11) is 0. The highest BCUT2D eigenvalue weighted by molar-refractivity contribution is 6.00. The summed E-state index contributed by atoms with van der Waals surface area (Å²) < 4.78 is 7.67. The van der Waals surface area contributed by atoms with Gasteiger partial charge in [0.15, 0.2) is 5.65 Å². The number of aromatic nitrogens is 5. The number of hydrogen-bond acceptors (Lipinski definition) is 6. The van der Waals surface area contributed by atoms with Crippen LogP contribution in [0.25, 0.3) is 27.7 Å². The van der Waals surface area contributed by atoms with E-state index in [1.165, 1.54) is 25.7 Å². The molecule has 1 spiro atoms. The third kappa shape index (κ3) is 3.13. The van der Waals surface area contributed by atoms with Gasteiger partial charge in [0, 0.05) is 36.0 Å². The minimum atomic E-state index is 0.279. The summed E-state index contributed by atoms with van der Waals surface area (Å²) in [4.78, 5) is 7.31. The van der Waals surface area contributed by atoms with Crippen LogP contribution in [0.5, 0.6) is 5.75 Å². The SMILES string of the molecule is CCOc1cc(-c2ccc(N3CCCC4(CCCN4)C3)nc2)c2c3cn[nH]c3nn2c1. The van der Waals surface area contributed by atoms with E-state index in [0.717, 1.165) is 58.9 Å². The van der Waals surface area contributed by atoms with Gasteiger partial charge >= 0.3 is 0 Å². The molecule has 6 heterocycles. The van der Waals surface area contributed by atoms with Gasteiger partial charge in [0.05, 0.1) is 29.9 Å². The Kier molecular flexibility index (Phi) is 4.34. The number of anilines is 1. The maximum absolute atomic E-state index is 5.80. The first-order valence-corrected chi connectivity index (χ1v) is 11.2. The van der Waals surface area contributed by atoms with Crippen molar-refractivity contribution in [1.82, 2.24) is 30.1 Å². The minimum absolute atomic E-state index is 0.279. The summed E-state index contributed by atoms with van der Waals surface area (Å²) in [5.41, 5.74) is 4.14. The van der Waals surface area contributed by atoms with Gasteiger partial charge in [-0.2, -0.15) is 5.10 Å². The Morgan fingerprint density at radius 1 is 1.19 bits per heavy atom. The lowest BCUT2D eigenvalue weighted by atomic mass is 9.87. The molecule has 8 nitrogen and oxygen atoms in total. The van der Waals surface area contributed by atoms with E-state index in [0.29, 0.717) is 6.61 Å². The summed E-state index contributed by atoms with van der Waals surface area (Å²) in [6.07, 6.45) is 10.7. The van der Waals surface area contributed by atoms with Crippen LogP contribution in [0, 0.1) is 0 Å². The molecule has 2 N–H and O–H groups in total. The van der Waals surface area contributed by atoms with E-state index < -0.39 is 0 Å². The molecule has 1 unspecified atom stereocenters. The van der Waals surface area contributed by atoms with Crippen molar-refractivity contribution in [1.29, 1.82) is 0 Å². The van der Waals surface area contributed by atoms with E-state index in [1.54, 1.807) is 0 Å². The Hall–Kier alpha value is -3.13. The van der Waals surface area contributed by atoms with Crippen molar-refractivity contribution in [2.75, 3.05) is 31.1 Å². The summed E-state index contributed by atoms with van der Waals surface area (Å²) in [6, 6.07) is 6.38. The molecule has 4 aromatic heterocycles. The number of aromatic amines is 1. The lowest BCUT2D eigenvalue weighted by Crippen LogP contribution is -2.54. The van der Waals surface area contributed by atoms with E-state index in [9.17, 15) is 0 Å². The summed E-state index contributed by atoms with van der Waals surface area (Å²) in [6.45, 7) is 5.84. The fourth-order valence-electron chi connectivity index (χ4n) is 5.28. The highest BCUT2D eigenvalue weighted by atomic mass is 16.5. The van der Waals surface area contributed by atoms with Gasteiger partial charge in [-0.3, -0.25) is 5.10 Å². The van der Waals surface area contributed by atoms with E-state index >= 15 is 0 Å². The molecular formula is C23H27N7O. The second kappa shape index (κ2) is 7.23. The van der Waals surface area contributed by atoms with Gasteiger partial charge in [-0.25, -0.2) is 9.50 Å². The Morgan fingerprint density at radius 3 is 2.94 bits per heavy atom. The van der Waals surface area contributed by atoms with Gasteiger partial charge in [0.2, 0.25) is 0 Å².